The molecule has 0 atom stereocenters. The highest BCUT2D eigenvalue weighted by Gasteiger charge is 2.24. The van der Waals surface area contributed by atoms with Crippen molar-refractivity contribution in [2.24, 2.45) is 11.1 Å². The fourth-order valence-corrected chi connectivity index (χ4v) is 3.77. The van der Waals surface area contributed by atoms with E-state index in [4.69, 9.17) is 5.14 Å². The second-order valence-electron chi connectivity index (χ2n) is 6.49. The molecule has 2 aromatic carbocycles. The number of primary sulfonamides is 1. The second-order valence-corrected chi connectivity index (χ2v) is 8.06. The highest BCUT2D eigenvalue weighted by Crippen LogP contribution is 2.23. The van der Waals surface area contributed by atoms with Gasteiger partial charge in [0.15, 0.2) is 0 Å². The Hall–Kier alpha value is -2.18. The minimum atomic E-state index is -3.73. The predicted molar refractivity (Wildman–Crippen MR) is 96.6 cm³/mol. The van der Waals surface area contributed by atoms with Gasteiger partial charge in [-0.15, -0.1) is 0 Å². The number of nitrogens with zero attached hydrogens (tertiary/aromatic N) is 1. The lowest BCUT2D eigenvalue weighted by Gasteiger charge is -2.32. The molecule has 1 saturated heterocycles. The zero-order valence-electron chi connectivity index (χ0n) is 14.0. The monoisotopic (exact) mass is 358 g/mol. The van der Waals surface area contributed by atoms with E-state index in [1.165, 1.54) is 29.8 Å². The minimum Gasteiger partial charge on any atom is -0.339 e. The SMILES string of the molecule is NS(=O)(=O)c1ccc(C(=O)N2CCC(Cc3ccccc3)CC2)cc1. The lowest BCUT2D eigenvalue weighted by atomic mass is 9.90. The maximum absolute atomic E-state index is 12.6. The average molecular weight is 358 g/mol. The van der Waals surface area contributed by atoms with Crippen LogP contribution >= 0.6 is 0 Å². The van der Waals surface area contributed by atoms with E-state index in [9.17, 15) is 13.2 Å². The van der Waals surface area contributed by atoms with Crippen LogP contribution in [0.4, 0.5) is 0 Å². The van der Waals surface area contributed by atoms with Crippen LogP contribution in [0.15, 0.2) is 59.5 Å². The number of hydrogen-bond acceptors (Lipinski definition) is 3. The first-order valence-electron chi connectivity index (χ1n) is 8.39. The van der Waals surface area contributed by atoms with Crippen LogP contribution < -0.4 is 5.14 Å². The zero-order chi connectivity index (χ0) is 17.9. The third-order valence-corrected chi connectivity index (χ3v) is 5.63. The van der Waals surface area contributed by atoms with E-state index < -0.39 is 10.0 Å². The van der Waals surface area contributed by atoms with E-state index in [-0.39, 0.29) is 10.8 Å². The molecule has 3 rings (SSSR count). The zero-order valence-corrected chi connectivity index (χ0v) is 14.8. The van der Waals surface area contributed by atoms with Gasteiger partial charge in [-0.1, -0.05) is 30.3 Å². The van der Waals surface area contributed by atoms with Crippen molar-refractivity contribution >= 4 is 15.9 Å². The summed E-state index contributed by atoms with van der Waals surface area (Å²) >= 11 is 0. The van der Waals surface area contributed by atoms with Gasteiger partial charge in [0.05, 0.1) is 4.90 Å². The van der Waals surface area contributed by atoms with Gasteiger partial charge in [0.25, 0.3) is 5.91 Å². The van der Waals surface area contributed by atoms with Gasteiger partial charge in [-0.05, 0) is 55.0 Å². The van der Waals surface area contributed by atoms with Crippen molar-refractivity contribution < 1.29 is 13.2 Å². The number of amides is 1. The minimum absolute atomic E-state index is 0.0191. The molecule has 1 fully saturated rings. The maximum Gasteiger partial charge on any atom is 0.253 e. The van der Waals surface area contributed by atoms with Gasteiger partial charge in [0, 0.05) is 18.7 Å². The fourth-order valence-electron chi connectivity index (χ4n) is 3.26. The topological polar surface area (TPSA) is 80.5 Å². The molecule has 0 spiro atoms. The Labute approximate surface area is 148 Å². The number of rotatable bonds is 4. The molecule has 0 aliphatic carbocycles. The van der Waals surface area contributed by atoms with Crippen LogP contribution in [0.3, 0.4) is 0 Å². The van der Waals surface area contributed by atoms with Gasteiger partial charge in [-0.2, -0.15) is 0 Å². The van der Waals surface area contributed by atoms with Crippen molar-refractivity contribution in [1.82, 2.24) is 4.90 Å². The van der Waals surface area contributed by atoms with Crippen LogP contribution in [0, 0.1) is 5.92 Å². The summed E-state index contributed by atoms with van der Waals surface area (Å²) in [4.78, 5) is 14.4. The molecule has 25 heavy (non-hydrogen) atoms. The van der Waals surface area contributed by atoms with Crippen molar-refractivity contribution in [3.8, 4) is 0 Å². The summed E-state index contributed by atoms with van der Waals surface area (Å²) in [6.45, 7) is 1.46. The summed E-state index contributed by atoms with van der Waals surface area (Å²) < 4.78 is 22.6. The Morgan fingerprint density at radius 1 is 1.00 bits per heavy atom. The van der Waals surface area contributed by atoms with E-state index in [2.05, 4.69) is 24.3 Å². The summed E-state index contributed by atoms with van der Waals surface area (Å²) in [7, 11) is -3.73. The van der Waals surface area contributed by atoms with Crippen LogP contribution in [0.25, 0.3) is 0 Å². The summed E-state index contributed by atoms with van der Waals surface area (Å²) in [5, 5.41) is 5.08. The molecule has 0 saturated carbocycles. The largest absolute Gasteiger partial charge is 0.339 e. The highest BCUT2D eigenvalue weighted by molar-refractivity contribution is 7.89. The third-order valence-electron chi connectivity index (χ3n) is 4.70. The molecule has 0 unspecified atom stereocenters. The van der Waals surface area contributed by atoms with Gasteiger partial charge >= 0.3 is 0 Å². The summed E-state index contributed by atoms with van der Waals surface area (Å²) in [5.41, 5.74) is 1.83. The number of hydrogen-bond donors (Lipinski definition) is 1. The molecule has 2 aromatic rings. The lowest BCUT2D eigenvalue weighted by molar-refractivity contribution is 0.0690. The summed E-state index contributed by atoms with van der Waals surface area (Å²) in [6, 6.07) is 16.2. The van der Waals surface area contributed by atoms with Gasteiger partial charge in [-0.3, -0.25) is 4.79 Å². The third kappa shape index (κ3) is 4.46. The number of likely N-dealkylation sites (tertiary alicyclic amines) is 1. The molecule has 0 aromatic heterocycles. The fraction of sp³-hybridized carbons (Fsp3) is 0.316. The normalized spacial score (nSPS) is 16.0. The Bertz CT molecular complexity index is 825. The van der Waals surface area contributed by atoms with E-state index in [1.54, 1.807) is 0 Å². The molecule has 0 bridgehead atoms. The first-order chi connectivity index (χ1) is 11.9. The summed E-state index contributed by atoms with van der Waals surface area (Å²) in [6.07, 6.45) is 3.01. The molecular weight excluding hydrogens is 336 g/mol. The maximum atomic E-state index is 12.6. The van der Waals surface area contributed by atoms with Crippen molar-refractivity contribution in [1.29, 1.82) is 0 Å². The van der Waals surface area contributed by atoms with Gasteiger partial charge in [0.2, 0.25) is 10.0 Å². The predicted octanol–water partition coefficient (Wildman–Crippen LogP) is 2.43. The van der Waals surface area contributed by atoms with Gasteiger partial charge in [0.1, 0.15) is 0 Å². The van der Waals surface area contributed by atoms with Gasteiger partial charge in [-0.25, -0.2) is 13.6 Å². The lowest BCUT2D eigenvalue weighted by Crippen LogP contribution is -2.38. The molecule has 1 heterocycles. The van der Waals surface area contributed by atoms with Crippen LogP contribution in [0.5, 0.6) is 0 Å². The molecular formula is C19H22N2O3S. The number of piperidine rings is 1. The Kier molecular flexibility index (Phi) is 5.20. The first kappa shape index (κ1) is 17.6. The van der Waals surface area contributed by atoms with Crippen molar-refractivity contribution in [3.05, 3.63) is 65.7 Å². The number of nitrogens with two attached hydrogens (primary N) is 1. The molecule has 1 aliphatic rings. The molecule has 1 aliphatic heterocycles. The van der Waals surface area contributed by atoms with Crippen LogP contribution in [-0.4, -0.2) is 32.3 Å². The van der Waals surface area contributed by atoms with Crippen molar-refractivity contribution in [3.63, 3.8) is 0 Å². The molecule has 0 radical (unpaired) electrons. The number of sulfonamides is 1. The van der Waals surface area contributed by atoms with Crippen LogP contribution in [0.2, 0.25) is 0 Å². The Balaban J connectivity index is 1.58. The highest BCUT2D eigenvalue weighted by atomic mass is 32.2. The number of benzene rings is 2. The standard InChI is InChI=1S/C19H22N2O3S/c20-25(23,24)18-8-6-17(7-9-18)19(22)21-12-10-16(11-13-21)14-15-4-2-1-3-5-15/h1-9,16H,10-14H2,(H2,20,23,24). The quantitative estimate of drug-likeness (QED) is 0.911. The Morgan fingerprint density at radius 3 is 2.16 bits per heavy atom. The molecule has 5 nitrogen and oxygen atoms in total. The van der Waals surface area contributed by atoms with Crippen LogP contribution in [0.1, 0.15) is 28.8 Å². The molecule has 1 amide bonds. The van der Waals surface area contributed by atoms with E-state index in [0.29, 0.717) is 11.5 Å². The van der Waals surface area contributed by atoms with Crippen molar-refractivity contribution in [2.45, 2.75) is 24.2 Å². The van der Waals surface area contributed by atoms with Gasteiger partial charge < -0.3 is 4.90 Å². The smallest absolute Gasteiger partial charge is 0.253 e. The molecule has 132 valence electrons. The van der Waals surface area contributed by atoms with E-state index in [0.717, 1.165) is 32.4 Å². The molecule has 2 N–H and O–H groups in total. The molecule has 6 heteroatoms. The van der Waals surface area contributed by atoms with Crippen molar-refractivity contribution in [2.75, 3.05) is 13.1 Å². The van der Waals surface area contributed by atoms with Crippen LogP contribution in [-0.2, 0) is 16.4 Å². The van der Waals surface area contributed by atoms with E-state index in [1.807, 2.05) is 11.0 Å². The second kappa shape index (κ2) is 7.37. The average Bonchev–Trinajstić information content (AvgIpc) is 2.62. The number of carbonyl (C=O) groups excluding carboxylic acids is 1. The summed E-state index contributed by atoms with van der Waals surface area (Å²) in [5.74, 6) is 0.537. The Morgan fingerprint density at radius 2 is 1.60 bits per heavy atom. The van der Waals surface area contributed by atoms with E-state index >= 15 is 0 Å². The number of carbonyl (C=O) groups is 1. The first-order valence-corrected chi connectivity index (χ1v) is 9.94.